The van der Waals surface area contributed by atoms with Gasteiger partial charge in [-0.2, -0.15) is 0 Å². The van der Waals surface area contributed by atoms with E-state index in [1.807, 2.05) is 60.9 Å². The van der Waals surface area contributed by atoms with Crippen molar-refractivity contribution in [3.05, 3.63) is 65.7 Å². The molecule has 0 saturated carbocycles. The summed E-state index contributed by atoms with van der Waals surface area (Å²) < 4.78 is 0. The van der Waals surface area contributed by atoms with Crippen LogP contribution in [0.1, 0.15) is 28.8 Å². The summed E-state index contributed by atoms with van der Waals surface area (Å²) in [4.78, 5) is 28.2. The zero-order valence-corrected chi connectivity index (χ0v) is 15.8. The molecule has 0 radical (unpaired) electrons. The highest BCUT2D eigenvalue weighted by atomic mass is 32.2. The van der Waals surface area contributed by atoms with Crippen LogP contribution in [0.5, 0.6) is 0 Å². The minimum Gasteiger partial charge on any atom is -0.334 e. The first kappa shape index (κ1) is 18.5. The number of hydrogen-bond donors (Lipinski definition) is 1. The maximum Gasteiger partial charge on any atom is 0.317 e. The molecule has 1 N–H and O–H groups in total. The number of thioether (sulfide) groups is 1. The summed E-state index contributed by atoms with van der Waals surface area (Å²) in [6, 6.07) is 17.5. The van der Waals surface area contributed by atoms with E-state index in [1.54, 1.807) is 16.7 Å². The number of carbonyl (C=O) groups is 2. The number of nitrogens with zero attached hydrogens (tertiary/aromatic N) is 1. The molecule has 2 amide bonds. The van der Waals surface area contributed by atoms with Gasteiger partial charge in [0, 0.05) is 36.0 Å². The molecular formula is C21H24N2O2S. The van der Waals surface area contributed by atoms with Gasteiger partial charge in [-0.25, -0.2) is 4.79 Å². The number of ketones is 1. The summed E-state index contributed by atoms with van der Waals surface area (Å²) in [5.74, 6) is 0.0232. The van der Waals surface area contributed by atoms with Crippen LogP contribution < -0.4 is 5.32 Å². The fraction of sp³-hybridized carbons (Fsp3) is 0.333. The van der Waals surface area contributed by atoms with Crippen molar-refractivity contribution in [1.29, 1.82) is 0 Å². The molecule has 5 heteroatoms. The third-order valence-corrected chi connectivity index (χ3v) is 5.53. The van der Waals surface area contributed by atoms with Gasteiger partial charge in [0.2, 0.25) is 0 Å². The highest BCUT2D eigenvalue weighted by Gasteiger charge is 2.29. The summed E-state index contributed by atoms with van der Waals surface area (Å²) in [5, 5.41) is 2.96. The molecule has 1 aliphatic rings. The Morgan fingerprint density at radius 1 is 1.12 bits per heavy atom. The predicted octanol–water partition coefficient (Wildman–Crippen LogP) is 4.21. The van der Waals surface area contributed by atoms with Crippen molar-refractivity contribution < 1.29 is 9.59 Å². The van der Waals surface area contributed by atoms with Crippen molar-refractivity contribution in [2.45, 2.75) is 24.3 Å². The molecule has 136 valence electrons. The smallest absolute Gasteiger partial charge is 0.317 e. The first-order valence-electron chi connectivity index (χ1n) is 8.93. The molecule has 26 heavy (non-hydrogen) atoms. The van der Waals surface area contributed by atoms with E-state index in [0.29, 0.717) is 19.6 Å². The van der Waals surface area contributed by atoms with E-state index in [2.05, 4.69) is 5.32 Å². The number of likely N-dealkylation sites (tertiary alicyclic amines) is 1. The normalized spacial score (nSPS) is 17.0. The average Bonchev–Trinajstić information content (AvgIpc) is 2.72. The SMILES string of the molecule is CSc1ccccc1C(=O)[C@H]1CCCN(C(=O)NCc2ccccc2)C1. The maximum atomic E-state index is 13.0. The second kappa shape index (κ2) is 8.90. The Morgan fingerprint density at radius 2 is 1.85 bits per heavy atom. The predicted molar refractivity (Wildman–Crippen MR) is 106 cm³/mol. The van der Waals surface area contributed by atoms with Gasteiger partial charge in [0.1, 0.15) is 0 Å². The monoisotopic (exact) mass is 368 g/mol. The van der Waals surface area contributed by atoms with Crippen LogP contribution in [0.3, 0.4) is 0 Å². The van der Waals surface area contributed by atoms with Gasteiger partial charge in [0.15, 0.2) is 5.78 Å². The third-order valence-electron chi connectivity index (χ3n) is 4.74. The number of benzene rings is 2. The van der Waals surface area contributed by atoms with Crippen LogP contribution in [0.25, 0.3) is 0 Å². The second-order valence-corrected chi connectivity index (χ2v) is 7.34. The number of urea groups is 1. The van der Waals surface area contributed by atoms with Crippen LogP contribution in [0.15, 0.2) is 59.5 Å². The zero-order valence-electron chi connectivity index (χ0n) is 15.0. The standard InChI is InChI=1S/C21H24N2O2S/c1-26-19-12-6-5-11-18(19)20(24)17-10-7-13-23(15-17)21(25)22-14-16-8-3-2-4-9-16/h2-6,8-9,11-12,17H,7,10,13-15H2,1H3,(H,22,25)/t17-/m0/s1. The Kier molecular flexibility index (Phi) is 6.34. The van der Waals surface area contributed by atoms with Crippen molar-refractivity contribution >= 4 is 23.6 Å². The lowest BCUT2D eigenvalue weighted by atomic mass is 9.90. The van der Waals surface area contributed by atoms with Crippen molar-refractivity contribution in [2.75, 3.05) is 19.3 Å². The van der Waals surface area contributed by atoms with E-state index < -0.39 is 0 Å². The van der Waals surface area contributed by atoms with E-state index in [4.69, 9.17) is 0 Å². The number of nitrogens with one attached hydrogen (secondary N) is 1. The van der Waals surface area contributed by atoms with Crippen LogP contribution >= 0.6 is 11.8 Å². The molecule has 0 aromatic heterocycles. The zero-order chi connectivity index (χ0) is 18.4. The van der Waals surface area contributed by atoms with Crippen molar-refractivity contribution in [1.82, 2.24) is 10.2 Å². The first-order valence-corrected chi connectivity index (χ1v) is 10.2. The molecule has 4 nitrogen and oxygen atoms in total. The van der Waals surface area contributed by atoms with Crippen LogP contribution in [-0.4, -0.2) is 36.1 Å². The first-order chi connectivity index (χ1) is 12.7. The van der Waals surface area contributed by atoms with Gasteiger partial charge in [0.25, 0.3) is 0 Å². The van der Waals surface area contributed by atoms with Crippen LogP contribution in [0, 0.1) is 5.92 Å². The van der Waals surface area contributed by atoms with Gasteiger partial charge in [-0.15, -0.1) is 11.8 Å². The molecule has 1 fully saturated rings. The number of piperidine rings is 1. The summed E-state index contributed by atoms with van der Waals surface area (Å²) in [7, 11) is 0. The molecule has 1 aliphatic heterocycles. The van der Waals surface area contributed by atoms with Gasteiger partial charge >= 0.3 is 6.03 Å². The van der Waals surface area contributed by atoms with Gasteiger partial charge in [-0.1, -0.05) is 48.5 Å². The minimum atomic E-state index is -0.125. The number of Topliss-reactive ketones (excluding diaryl/α,β-unsaturated/α-hetero) is 1. The van der Waals surface area contributed by atoms with Crippen LogP contribution in [0.4, 0.5) is 4.79 Å². The highest BCUT2D eigenvalue weighted by molar-refractivity contribution is 7.98. The lowest BCUT2D eigenvalue weighted by Gasteiger charge is -2.32. The Hall–Kier alpha value is -2.27. The largest absolute Gasteiger partial charge is 0.334 e. The summed E-state index contributed by atoms with van der Waals surface area (Å²) in [5.41, 5.74) is 1.84. The van der Waals surface area contributed by atoms with E-state index in [0.717, 1.165) is 28.9 Å². The maximum absolute atomic E-state index is 13.0. The quantitative estimate of drug-likeness (QED) is 0.635. The number of carbonyl (C=O) groups excluding carboxylic acids is 2. The molecule has 1 heterocycles. The topological polar surface area (TPSA) is 49.4 Å². The molecule has 1 saturated heterocycles. The molecule has 0 aliphatic carbocycles. The lowest BCUT2D eigenvalue weighted by molar-refractivity contribution is 0.0842. The Labute approximate surface area is 159 Å². The molecule has 0 spiro atoms. The number of amides is 2. The summed E-state index contributed by atoms with van der Waals surface area (Å²) in [6.45, 7) is 1.70. The Bertz CT molecular complexity index is 764. The fourth-order valence-electron chi connectivity index (χ4n) is 3.33. The van der Waals surface area contributed by atoms with Crippen molar-refractivity contribution in [3.63, 3.8) is 0 Å². The molecule has 1 atom stereocenters. The lowest BCUT2D eigenvalue weighted by Crippen LogP contribution is -2.46. The molecule has 2 aromatic rings. The summed E-state index contributed by atoms with van der Waals surface area (Å²) in [6.07, 6.45) is 3.68. The van der Waals surface area contributed by atoms with Crippen LogP contribution in [0.2, 0.25) is 0 Å². The molecule has 2 aromatic carbocycles. The highest BCUT2D eigenvalue weighted by Crippen LogP contribution is 2.26. The fourth-order valence-corrected chi connectivity index (χ4v) is 3.93. The number of hydrogen-bond acceptors (Lipinski definition) is 3. The second-order valence-electron chi connectivity index (χ2n) is 6.49. The molecule has 0 bridgehead atoms. The van der Waals surface area contributed by atoms with Gasteiger partial charge in [0.05, 0.1) is 0 Å². The van der Waals surface area contributed by atoms with E-state index in [9.17, 15) is 9.59 Å². The molecule has 0 unspecified atom stereocenters. The van der Waals surface area contributed by atoms with E-state index in [1.165, 1.54) is 0 Å². The van der Waals surface area contributed by atoms with Crippen LogP contribution in [-0.2, 0) is 6.54 Å². The molecular weight excluding hydrogens is 344 g/mol. The minimum absolute atomic E-state index is 0.0931. The van der Waals surface area contributed by atoms with E-state index >= 15 is 0 Å². The van der Waals surface area contributed by atoms with Gasteiger partial charge < -0.3 is 10.2 Å². The molecule has 3 rings (SSSR count). The van der Waals surface area contributed by atoms with Gasteiger partial charge in [-0.3, -0.25) is 4.79 Å². The van der Waals surface area contributed by atoms with Crippen molar-refractivity contribution in [3.8, 4) is 0 Å². The van der Waals surface area contributed by atoms with Crippen molar-refractivity contribution in [2.24, 2.45) is 5.92 Å². The Balaban J connectivity index is 1.61. The third kappa shape index (κ3) is 4.47. The number of rotatable bonds is 5. The Morgan fingerprint density at radius 3 is 2.62 bits per heavy atom. The van der Waals surface area contributed by atoms with Gasteiger partial charge in [-0.05, 0) is 30.7 Å². The summed E-state index contributed by atoms with van der Waals surface area (Å²) >= 11 is 1.59. The van der Waals surface area contributed by atoms with E-state index in [-0.39, 0.29) is 17.7 Å². The average molecular weight is 369 g/mol.